The standard InChI is InChI=1S/C23H34N4O4Si/c1-8-30-21-19(24-22(31-9-2)20(26-21)14(3)4)13-17-16-12-15(27(28)29)10-11-18(16)25-23(17)32(5,6)7/h10-12,14,19-20,25H,8-9,13H2,1-7H3/t19-,20+/m0/s1. The van der Waals surface area contributed by atoms with E-state index in [1.807, 2.05) is 13.8 Å². The highest BCUT2D eigenvalue weighted by Crippen LogP contribution is 2.28. The minimum atomic E-state index is -1.78. The molecule has 32 heavy (non-hydrogen) atoms. The molecule has 174 valence electrons. The Kier molecular flexibility index (Phi) is 7.07. The lowest BCUT2D eigenvalue weighted by molar-refractivity contribution is -0.384. The van der Waals surface area contributed by atoms with E-state index < -0.39 is 8.07 Å². The summed E-state index contributed by atoms with van der Waals surface area (Å²) in [7, 11) is -1.78. The second kappa shape index (κ2) is 9.44. The molecule has 8 nitrogen and oxygen atoms in total. The summed E-state index contributed by atoms with van der Waals surface area (Å²) in [5, 5.41) is 13.5. The fraction of sp³-hybridized carbons (Fsp3) is 0.565. The smallest absolute Gasteiger partial charge is 0.270 e. The van der Waals surface area contributed by atoms with Crippen molar-refractivity contribution in [3.63, 3.8) is 0 Å². The van der Waals surface area contributed by atoms with Crippen LogP contribution in [0.15, 0.2) is 28.2 Å². The summed E-state index contributed by atoms with van der Waals surface area (Å²) in [4.78, 5) is 24.5. The van der Waals surface area contributed by atoms with Crippen LogP contribution in [0.5, 0.6) is 0 Å². The van der Waals surface area contributed by atoms with Gasteiger partial charge in [0.05, 0.1) is 26.2 Å². The molecule has 1 aliphatic heterocycles. The van der Waals surface area contributed by atoms with E-state index in [0.29, 0.717) is 31.4 Å². The van der Waals surface area contributed by atoms with Gasteiger partial charge in [-0.15, -0.1) is 0 Å². The topological polar surface area (TPSA) is 102 Å². The number of hydrogen-bond acceptors (Lipinski definition) is 6. The number of nitrogens with one attached hydrogen (secondary N) is 1. The van der Waals surface area contributed by atoms with Gasteiger partial charge >= 0.3 is 0 Å². The molecule has 0 spiro atoms. The molecule has 1 aliphatic rings. The Bertz CT molecular complexity index is 1050. The second-order valence-corrected chi connectivity index (χ2v) is 14.4. The number of nitro benzene ring substituents is 1. The van der Waals surface area contributed by atoms with Crippen molar-refractivity contribution in [1.82, 2.24) is 4.98 Å². The number of nitro groups is 1. The maximum Gasteiger partial charge on any atom is 0.270 e. The number of rotatable bonds is 7. The van der Waals surface area contributed by atoms with Crippen molar-refractivity contribution in [2.45, 2.75) is 65.8 Å². The highest BCUT2D eigenvalue weighted by Gasteiger charge is 2.34. The molecule has 2 heterocycles. The van der Waals surface area contributed by atoms with Gasteiger partial charge in [0.15, 0.2) is 0 Å². The van der Waals surface area contributed by atoms with Gasteiger partial charge < -0.3 is 14.5 Å². The van der Waals surface area contributed by atoms with Crippen LogP contribution in [0.4, 0.5) is 5.69 Å². The van der Waals surface area contributed by atoms with Gasteiger partial charge in [-0.1, -0.05) is 33.5 Å². The lowest BCUT2D eigenvalue weighted by atomic mass is 10.00. The van der Waals surface area contributed by atoms with Crippen LogP contribution in [0.1, 0.15) is 33.3 Å². The molecular weight excluding hydrogens is 424 g/mol. The van der Waals surface area contributed by atoms with Gasteiger partial charge in [0.1, 0.15) is 12.1 Å². The van der Waals surface area contributed by atoms with Gasteiger partial charge in [0.25, 0.3) is 5.69 Å². The summed E-state index contributed by atoms with van der Waals surface area (Å²) in [6, 6.07) is 4.49. The van der Waals surface area contributed by atoms with Crippen LogP contribution in [0, 0.1) is 16.0 Å². The van der Waals surface area contributed by atoms with E-state index in [4.69, 9.17) is 19.5 Å². The number of aliphatic imine (C=N–C) groups is 2. The van der Waals surface area contributed by atoms with Crippen molar-refractivity contribution in [2.75, 3.05) is 13.2 Å². The van der Waals surface area contributed by atoms with Crippen molar-refractivity contribution in [1.29, 1.82) is 0 Å². The van der Waals surface area contributed by atoms with E-state index in [-0.39, 0.29) is 28.6 Å². The van der Waals surface area contributed by atoms with Crippen molar-refractivity contribution in [3.05, 3.63) is 33.9 Å². The molecule has 1 aromatic carbocycles. The van der Waals surface area contributed by atoms with E-state index >= 15 is 0 Å². The van der Waals surface area contributed by atoms with Crippen molar-refractivity contribution >= 4 is 41.8 Å². The van der Waals surface area contributed by atoms with Crippen LogP contribution < -0.4 is 5.32 Å². The number of aromatic amines is 1. The van der Waals surface area contributed by atoms with E-state index in [1.165, 1.54) is 5.32 Å². The van der Waals surface area contributed by atoms with Crippen LogP contribution in [0.3, 0.4) is 0 Å². The molecule has 0 aliphatic carbocycles. The summed E-state index contributed by atoms with van der Waals surface area (Å²) in [5.74, 6) is 1.47. The molecule has 0 fully saturated rings. The van der Waals surface area contributed by atoms with Crippen LogP contribution in [-0.4, -0.2) is 55.1 Å². The van der Waals surface area contributed by atoms with E-state index in [1.54, 1.807) is 18.2 Å². The molecule has 0 radical (unpaired) electrons. The van der Waals surface area contributed by atoms with Crippen LogP contribution in [-0.2, 0) is 15.9 Å². The number of hydrogen-bond donors (Lipinski definition) is 1. The van der Waals surface area contributed by atoms with Crippen LogP contribution in [0.2, 0.25) is 19.6 Å². The molecule has 0 saturated heterocycles. The lowest BCUT2D eigenvalue weighted by Gasteiger charge is -2.28. The number of H-pyrrole nitrogens is 1. The van der Waals surface area contributed by atoms with Gasteiger partial charge in [-0.25, -0.2) is 9.98 Å². The van der Waals surface area contributed by atoms with Gasteiger partial charge in [0.2, 0.25) is 11.8 Å². The van der Waals surface area contributed by atoms with E-state index in [2.05, 4.69) is 38.5 Å². The minimum Gasteiger partial charge on any atom is -0.480 e. The predicted molar refractivity (Wildman–Crippen MR) is 132 cm³/mol. The Morgan fingerprint density at radius 3 is 2.34 bits per heavy atom. The Labute approximate surface area is 190 Å². The van der Waals surface area contributed by atoms with E-state index in [0.717, 1.165) is 16.5 Å². The average molecular weight is 459 g/mol. The molecule has 0 amide bonds. The summed E-state index contributed by atoms with van der Waals surface area (Å²) in [6.45, 7) is 15.9. The molecular formula is C23H34N4O4Si. The van der Waals surface area contributed by atoms with Crippen LogP contribution in [0.25, 0.3) is 10.9 Å². The maximum atomic E-state index is 11.4. The molecule has 1 N–H and O–H groups in total. The predicted octanol–water partition coefficient (Wildman–Crippen LogP) is 4.44. The fourth-order valence-electron chi connectivity index (χ4n) is 4.08. The minimum absolute atomic E-state index is 0.0839. The van der Waals surface area contributed by atoms with Crippen molar-refractivity contribution in [2.24, 2.45) is 15.9 Å². The molecule has 2 aromatic rings. The molecule has 0 saturated carbocycles. The Balaban J connectivity index is 2.13. The molecule has 3 rings (SSSR count). The quantitative estimate of drug-likeness (QED) is 0.376. The second-order valence-electron chi connectivity index (χ2n) is 9.43. The molecule has 0 unspecified atom stereocenters. The largest absolute Gasteiger partial charge is 0.480 e. The summed E-state index contributed by atoms with van der Waals surface area (Å²) in [6.07, 6.45) is 0.543. The molecule has 0 bridgehead atoms. The van der Waals surface area contributed by atoms with Crippen molar-refractivity contribution in [3.8, 4) is 0 Å². The first-order chi connectivity index (χ1) is 15.1. The normalized spacial score (nSPS) is 19.1. The zero-order chi connectivity index (χ0) is 23.6. The zero-order valence-electron chi connectivity index (χ0n) is 20.1. The van der Waals surface area contributed by atoms with E-state index in [9.17, 15) is 10.1 Å². The summed E-state index contributed by atoms with van der Waals surface area (Å²) >= 11 is 0. The Morgan fingerprint density at radius 2 is 1.78 bits per heavy atom. The first-order valence-corrected chi connectivity index (χ1v) is 14.8. The average Bonchev–Trinajstić information content (AvgIpc) is 3.08. The molecule has 1 aromatic heterocycles. The number of benzene rings is 1. The highest BCUT2D eigenvalue weighted by molar-refractivity contribution is 6.88. The first-order valence-electron chi connectivity index (χ1n) is 11.3. The maximum absolute atomic E-state index is 11.4. The SMILES string of the molecule is CCOC1=N[C@H](C(C)C)C(OCC)=N[C@H]1Cc1c([Si](C)(C)C)[nH]c2ccc([N+](=O)[O-])cc12. The molecule has 2 atom stereocenters. The van der Waals surface area contributed by atoms with Gasteiger partial charge in [-0.2, -0.15) is 0 Å². The van der Waals surface area contributed by atoms with Gasteiger partial charge in [-0.05, 0) is 31.4 Å². The van der Waals surface area contributed by atoms with Gasteiger partial charge in [0, 0.05) is 34.8 Å². The highest BCUT2D eigenvalue weighted by atomic mass is 28.3. The summed E-state index contributed by atoms with van der Waals surface area (Å²) in [5.41, 5.74) is 2.05. The molecule has 9 heteroatoms. The first kappa shape index (κ1) is 24.0. The fourth-order valence-corrected chi connectivity index (χ4v) is 5.73. The number of nitrogens with zero attached hydrogens (tertiary/aromatic N) is 3. The monoisotopic (exact) mass is 458 g/mol. The van der Waals surface area contributed by atoms with Gasteiger partial charge in [-0.3, -0.25) is 10.1 Å². The third-order valence-corrected chi connectivity index (χ3v) is 7.48. The number of fused-ring (bicyclic) bond motifs is 1. The zero-order valence-corrected chi connectivity index (χ0v) is 21.1. The third kappa shape index (κ3) is 4.87. The van der Waals surface area contributed by atoms with Crippen LogP contribution >= 0.6 is 0 Å². The lowest BCUT2D eigenvalue weighted by Crippen LogP contribution is -2.43. The summed E-state index contributed by atoms with van der Waals surface area (Å²) < 4.78 is 11.8. The number of non-ortho nitro benzene ring substituents is 1. The number of ether oxygens (including phenoxy) is 2. The Hall–Kier alpha value is -2.68. The third-order valence-electron chi connectivity index (χ3n) is 5.55. The van der Waals surface area contributed by atoms with Crippen molar-refractivity contribution < 1.29 is 14.4 Å². The Morgan fingerprint density at radius 1 is 1.12 bits per heavy atom. The number of aromatic nitrogens is 1.